The van der Waals surface area contributed by atoms with Crippen LogP contribution < -0.4 is 0 Å². The highest BCUT2D eigenvalue weighted by molar-refractivity contribution is 5.85. The van der Waals surface area contributed by atoms with Gasteiger partial charge in [-0.15, -0.1) is 0 Å². The van der Waals surface area contributed by atoms with E-state index in [1.54, 1.807) is 0 Å². The summed E-state index contributed by atoms with van der Waals surface area (Å²) in [5, 5.41) is 2.83. The maximum atomic E-state index is 2.31. The summed E-state index contributed by atoms with van der Waals surface area (Å²) in [4.78, 5) is 2.30. The molecule has 2 nitrogen and oxygen atoms in total. The van der Waals surface area contributed by atoms with Crippen LogP contribution in [0.3, 0.4) is 0 Å². The molecule has 2 rings (SSSR count). The van der Waals surface area contributed by atoms with Crippen LogP contribution in [0.5, 0.6) is 0 Å². The quantitative estimate of drug-likeness (QED) is 0.246. The second-order valence-corrected chi connectivity index (χ2v) is 9.14. The molecule has 0 spiro atoms. The van der Waals surface area contributed by atoms with E-state index >= 15 is 0 Å². The Morgan fingerprint density at radius 1 is 0.533 bits per heavy atom. The minimum Gasteiger partial charge on any atom is -0.412 e. The summed E-state index contributed by atoms with van der Waals surface area (Å²) >= 11 is 0. The first-order valence-corrected chi connectivity index (χ1v) is 12.4. The summed E-state index contributed by atoms with van der Waals surface area (Å²) in [5.74, 6) is 0. The molecular weight excluding hydrogens is 366 g/mol. The van der Waals surface area contributed by atoms with Gasteiger partial charge in [-0.3, -0.25) is 0 Å². The third-order valence-corrected chi connectivity index (χ3v) is 6.18. The maximum Gasteiger partial charge on any atom is -0.00248 e. The third kappa shape index (κ3) is 11.7. The summed E-state index contributed by atoms with van der Waals surface area (Å²) in [6, 6.07) is 15.6. The van der Waals surface area contributed by atoms with Crippen molar-refractivity contribution in [2.45, 2.75) is 96.3 Å². The van der Waals surface area contributed by atoms with Crippen molar-refractivity contribution in [2.24, 2.45) is 0 Å². The average molecular weight is 414 g/mol. The summed E-state index contributed by atoms with van der Waals surface area (Å²) in [6.07, 6.45) is 21.2. The van der Waals surface area contributed by atoms with Gasteiger partial charge in [-0.25, -0.2) is 0 Å². The van der Waals surface area contributed by atoms with Crippen LogP contribution in [0.1, 0.15) is 95.5 Å². The molecule has 0 amide bonds. The van der Waals surface area contributed by atoms with Crippen LogP contribution in [-0.2, 0) is 6.42 Å². The minimum absolute atomic E-state index is 0. The number of fused-ring (bicyclic) bond motifs is 1. The summed E-state index contributed by atoms with van der Waals surface area (Å²) in [6.45, 7) is 1.25. The normalized spacial score (nSPS) is 11.2. The van der Waals surface area contributed by atoms with Crippen LogP contribution in [0.2, 0.25) is 0 Å². The first-order valence-electron chi connectivity index (χ1n) is 12.4. The SMILES string of the molecule is CN(C)CCCCCCCCCCCCCCCCc1cccc2ccccc12.O. The Morgan fingerprint density at radius 3 is 1.57 bits per heavy atom. The Bertz CT molecular complexity index is 647. The Hall–Kier alpha value is -1.38. The smallest absolute Gasteiger partial charge is 0.00248 e. The molecule has 0 saturated heterocycles. The Labute approximate surface area is 186 Å². The molecule has 0 aromatic heterocycles. The highest BCUT2D eigenvalue weighted by Crippen LogP contribution is 2.21. The molecule has 2 N–H and O–H groups in total. The number of hydrogen-bond donors (Lipinski definition) is 0. The first kappa shape index (κ1) is 26.7. The van der Waals surface area contributed by atoms with Crippen LogP contribution >= 0.6 is 0 Å². The number of hydrogen-bond acceptors (Lipinski definition) is 1. The number of benzene rings is 2. The summed E-state index contributed by atoms with van der Waals surface area (Å²) in [5.41, 5.74) is 1.53. The number of nitrogens with zero attached hydrogens (tertiary/aromatic N) is 1. The van der Waals surface area contributed by atoms with Crippen molar-refractivity contribution < 1.29 is 5.48 Å². The van der Waals surface area contributed by atoms with E-state index in [0.717, 1.165) is 0 Å². The zero-order valence-electron chi connectivity index (χ0n) is 19.8. The van der Waals surface area contributed by atoms with Crippen molar-refractivity contribution in [1.29, 1.82) is 0 Å². The standard InChI is InChI=1S/C28H45N.H2O/c1-29(2)25-18-14-12-10-8-6-4-3-5-7-9-11-13-15-20-26-22-19-23-27-21-16-17-24-28(26)27;/h16-17,19,21-24H,3-15,18,20,25H2,1-2H3;1H2. The molecule has 0 saturated carbocycles. The van der Waals surface area contributed by atoms with Crippen LogP contribution in [0.4, 0.5) is 0 Å². The van der Waals surface area contributed by atoms with Gasteiger partial charge in [0.1, 0.15) is 0 Å². The van der Waals surface area contributed by atoms with Gasteiger partial charge in [-0.05, 0) is 56.2 Å². The third-order valence-electron chi connectivity index (χ3n) is 6.18. The van der Waals surface area contributed by atoms with Gasteiger partial charge in [0.05, 0.1) is 0 Å². The average Bonchev–Trinajstić information content (AvgIpc) is 2.73. The minimum atomic E-state index is 0. The second-order valence-electron chi connectivity index (χ2n) is 9.14. The molecule has 0 aliphatic rings. The van der Waals surface area contributed by atoms with Gasteiger partial charge in [0.2, 0.25) is 0 Å². The van der Waals surface area contributed by atoms with Crippen molar-refractivity contribution in [3.8, 4) is 0 Å². The van der Waals surface area contributed by atoms with Crippen molar-refractivity contribution in [3.05, 3.63) is 48.0 Å². The monoisotopic (exact) mass is 413 g/mol. The largest absolute Gasteiger partial charge is 0.412 e. The maximum absolute atomic E-state index is 2.31. The molecule has 2 aromatic carbocycles. The second kappa shape index (κ2) is 17.3. The van der Waals surface area contributed by atoms with E-state index in [9.17, 15) is 0 Å². The highest BCUT2D eigenvalue weighted by atomic mass is 16.0. The molecule has 30 heavy (non-hydrogen) atoms. The lowest BCUT2D eigenvalue weighted by molar-refractivity contribution is 0.389. The Balaban J connectivity index is 0.00000450. The van der Waals surface area contributed by atoms with Crippen molar-refractivity contribution in [2.75, 3.05) is 20.6 Å². The predicted octanol–water partition coefficient (Wildman–Crippen LogP) is 7.58. The zero-order valence-corrected chi connectivity index (χ0v) is 19.8. The number of rotatable bonds is 17. The number of aryl methyl sites for hydroxylation is 1. The molecule has 0 atom stereocenters. The molecule has 2 heteroatoms. The lowest BCUT2D eigenvalue weighted by atomic mass is 9.99. The molecule has 2 aromatic rings. The molecule has 0 aliphatic carbocycles. The van der Waals surface area contributed by atoms with Crippen molar-refractivity contribution >= 4 is 10.8 Å². The van der Waals surface area contributed by atoms with E-state index < -0.39 is 0 Å². The van der Waals surface area contributed by atoms with Crippen LogP contribution in [0.25, 0.3) is 10.8 Å². The fourth-order valence-corrected chi connectivity index (χ4v) is 4.38. The fraction of sp³-hybridized carbons (Fsp3) is 0.643. The van der Waals surface area contributed by atoms with E-state index in [2.05, 4.69) is 61.5 Å². The fourth-order valence-electron chi connectivity index (χ4n) is 4.38. The van der Waals surface area contributed by atoms with Crippen LogP contribution in [-0.4, -0.2) is 31.0 Å². The molecular formula is C28H47NO. The van der Waals surface area contributed by atoms with Gasteiger partial charge < -0.3 is 10.4 Å². The molecule has 0 unspecified atom stereocenters. The van der Waals surface area contributed by atoms with Gasteiger partial charge in [0.25, 0.3) is 0 Å². The molecule has 0 radical (unpaired) electrons. The lowest BCUT2D eigenvalue weighted by Crippen LogP contribution is -2.12. The highest BCUT2D eigenvalue weighted by Gasteiger charge is 2.00. The lowest BCUT2D eigenvalue weighted by Gasteiger charge is -2.08. The summed E-state index contributed by atoms with van der Waals surface area (Å²) in [7, 11) is 4.35. The molecule has 0 heterocycles. The predicted molar refractivity (Wildman–Crippen MR) is 134 cm³/mol. The topological polar surface area (TPSA) is 34.7 Å². The van der Waals surface area contributed by atoms with Crippen LogP contribution in [0, 0.1) is 0 Å². The van der Waals surface area contributed by atoms with Crippen molar-refractivity contribution in [1.82, 2.24) is 4.90 Å². The van der Waals surface area contributed by atoms with Crippen LogP contribution in [0.15, 0.2) is 42.5 Å². The van der Waals surface area contributed by atoms with Gasteiger partial charge >= 0.3 is 0 Å². The van der Waals surface area contributed by atoms with Gasteiger partial charge in [-0.1, -0.05) is 120 Å². The van der Waals surface area contributed by atoms with E-state index in [1.165, 1.54) is 119 Å². The van der Waals surface area contributed by atoms with Gasteiger partial charge in [0.15, 0.2) is 0 Å². The van der Waals surface area contributed by atoms with Crippen molar-refractivity contribution in [3.63, 3.8) is 0 Å². The first-order chi connectivity index (χ1) is 14.3. The molecule has 0 fully saturated rings. The zero-order chi connectivity index (χ0) is 20.6. The van der Waals surface area contributed by atoms with Gasteiger partial charge in [0, 0.05) is 0 Å². The Morgan fingerprint density at radius 2 is 1.00 bits per heavy atom. The number of unbranched alkanes of at least 4 members (excludes halogenated alkanes) is 13. The van der Waals surface area contributed by atoms with E-state index in [-0.39, 0.29) is 5.48 Å². The molecule has 0 aliphatic heterocycles. The molecule has 0 bridgehead atoms. The Kier molecular flexibility index (Phi) is 15.4. The van der Waals surface area contributed by atoms with E-state index in [1.807, 2.05) is 0 Å². The summed E-state index contributed by atoms with van der Waals surface area (Å²) < 4.78 is 0. The van der Waals surface area contributed by atoms with E-state index in [4.69, 9.17) is 0 Å². The van der Waals surface area contributed by atoms with E-state index in [0.29, 0.717) is 0 Å². The van der Waals surface area contributed by atoms with Gasteiger partial charge in [-0.2, -0.15) is 0 Å². The molecule has 170 valence electrons.